The van der Waals surface area contributed by atoms with Gasteiger partial charge >= 0.3 is 0 Å². The molecule has 0 unspecified atom stereocenters. The van der Waals surface area contributed by atoms with E-state index in [1.165, 1.54) is 16.8 Å². The lowest BCUT2D eigenvalue weighted by molar-refractivity contribution is 0.101. The molecule has 0 amide bonds. The van der Waals surface area contributed by atoms with Crippen LogP contribution in [0.25, 0.3) is 11.0 Å². The number of nitrogens with zero attached hydrogens (tertiary/aromatic N) is 2. The number of aromatic amines is 1. The van der Waals surface area contributed by atoms with Crippen LogP contribution in [-0.4, -0.2) is 22.3 Å². The van der Waals surface area contributed by atoms with E-state index < -0.39 is 0 Å². The second-order valence-electron chi connectivity index (χ2n) is 6.46. The van der Waals surface area contributed by atoms with E-state index in [-0.39, 0.29) is 5.78 Å². The first-order valence-corrected chi connectivity index (χ1v) is 8.50. The fraction of sp³-hybridized carbons (Fsp3) is 0.300. The lowest BCUT2D eigenvalue weighted by atomic mass is 10.1. The molecule has 2 heterocycles. The Hall–Kier alpha value is -2.62. The Bertz CT molecular complexity index is 926. The lowest BCUT2D eigenvalue weighted by Crippen LogP contribution is -2.20. The quantitative estimate of drug-likeness (QED) is 0.742. The number of rotatable bonds is 4. The summed E-state index contributed by atoms with van der Waals surface area (Å²) in [7, 11) is 0. The molecule has 1 aliphatic rings. The van der Waals surface area contributed by atoms with E-state index in [4.69, 9.17) is 4.98 Å². The minimum absolute atomic E-state index is 0.125. The molecule has 1 aliphatic heterocycles. The number of carbonyl (C=O) groups is 1. The topological polar surface area (TPSA) is 49.0 Å². The SMILES string of the molecule is CCc1ccc2nc(CN3CCc4cc(C(C)=O)ccc43)[nH]c2c1. The highest BCUT2D eigenvalue weighted by atomic mass is 16.1. The van der Waals surface area contributed by atoms with Crippen LogP contribution in [0.3, 0.4) is 0 Å². The number of Topliss-reactive ketones (excluding diaryl/α,β-unsaturated/α-hetero) is 1. The van der Waals surface area contributed by atoms with Gasteiger partial charge in [-0.2, -0.15) is 0 Å². The molecule has 4 nitrogen and oxygen atoms in total. The normalized spacial score (nSPS) is 13.5. The number of aryl methyl sites for hydroxylation is 1. The fourth-order valence-corrected chi connectivity index (χ4v) is 3.44. The molecule has 0 saturated heterocycles. The predicted octanol–water partition coefficient (Wildman–Crippen LogP) is 3.89. The van der Waals surface area contributed by atoms with Crippen molar-refractivity contribution in [2.75, 3.05) is 11.4 Å². The molecule has 24 heavy (non-hydrogen) atoms. The summed E-state index contributed by atoms with van der Waals surface area (Å²) in [5.74, 6) is 1.11. The van der Waals surface area contributed by atoms with Crippen LogP contribution in [0, 0.1) is 0 Å². The second-order valence-corrected chi connectivity index (χ2v) is 6.46. The third kappa shape index (κ3) is 2.58. The molecule has 1 aromatic heterocycles. The van der Waals surface area contributed by atoms with Crippen LogP contribution in [-0.2, 0) is 19.4 Å². The Balaban J connectivity index is 1.60. The molecule has 1 N–H and O–H groups in total. The van der Waals surface area contributed by atoms with Gasteiger partial charge in [0.15, 0.2) is 5.78 Å². The van der Waals surface area contributed by atoms with E-state index in [0.29, 0.717) is 0 Å². The molecular formula is C20H21N3O. The molecule has 2 aromatic carbocycles. The van der Waals surface area contributed by atoms with Crippen LogP contribution in [0.4, 0.5) is 5.69 Å². The summed E-state index contributed by atoms with van der Waals surface area (Å²) in [5.41, 5.74) is 6.72. The zero-order valence-corrected chi connectivity index (χ0v) is 14.1. The number of nitrogens with one attached hydrogen (secondary N) is 1. The minimum atomic E-state index is 0.125. The van der Waals surface area contributed by atoms with Gasteiger partial charge in [-0.1, -0.05) is 13.0 Å². The van der Waals surface area contributed by atoms with Crippen molar-refractivity contribution in [3.05, 3.63) is 58.9 Å². The average molecular weight is 319 g/mol. The average Bonchev–Trinajstić information content (AvgIpc) is 3.17. The number of aromatic nitrogens is 2. The van der Waals surface area contributed by atoms with Gasteiger partial charge in [0.05, 0.1) is 17.6 Å². The Morgan fingerprint density at radius 3 is 2.92 bits per heavy atom. The molecule has 122 valence electrons. The number of carbonyl (C=O) groups excluding carboxylic acids is 1. The maximum atomic E-state index is 11.5. The molecule has 0 fully saturated rings. The van der Waals surface area contributed by atoms with Crippen molar-refractivity contribution in [1.29, 1.82) is 0 Å². The maximum Gasteiger partial charge on any atom is 0.159 e. The summed E-state index contributed by atoms with van der Waals surface area (Å²) in [5, 5.41) is 0. The van der Waals surface area contributed by atoms with Crippen molar-refractivity contribution in [3.8, 4) is 0 Å². The molecule has 0 radical (unpaired) electrons. The van der Waals surface area contributed by atoms with Crippen molar-refractivity contribution in [1.82, 2.24) is 9.97 Å². The van der Waals surface area contributed by atoms with Gasteiger partial charge < -0.3 is 9.88 Å². The van der Waals surface area contributed by atoms with Crippen LogP contribution in [0.5, 0.6) is 0 Å². The number of benzene rings is 2. The summed E-state index contributed by atoms with van der Waals surface area (Å²) < 4.78 is 0. The van der Waals surface area contributed by atoms with Gasteiger partial charge in [0.2, 0.25) is 0 Å². The van der Waals surface area contributed by atoms with Crippen molar-refractivity contribution in [3.63, 3.8) is 0 Å². The molecule has 0 aliphatic carbocycles. The molecule has 0 saturated carbocycles. The van der Waals surface area contributed by atoms with E-state index in [0.717, 1.165) is 48.4 Å². The summed E-state index contributed by atoms with van der Waals surface area (Å²) in [4.78, 5) is 22.0. The molecule has 0 bridgehead atoms. The van der Waals surface area contributed by atoms with Crippen LogP contribution >= 0.6 is 0 Å². The molecule has 4 heteroatoms. The first-order chi connectivity index (χ1) is 11.6. The summed E-state index contributed by atoms with van der Waals surface area (Å²) in [6, 6.07) is 12.4. The van der Waals surface area contributed by atoms with Crippen LogP contribution in [0.15, 0.2) is 36.4 Å². The number of hydrogen-bond donors (Lipinski definition) is 1. The van der Waals surface area contributed by atoms with Gasteiger partial charge in [0.25, 0.3) is 0 Å². The smallest absolute Gasteiger partial charge is 0.159 e. The van der Waals surface area contributed by atoms with E-state index in [1.54, 1.807) is 6.92 Å². The molecule has 0 atom stereocenters. The molecule has 0 spiro atoms. The van der Waals surface area contributed by atoms with Crippen molar-refractivity contribution in [2.45, 2.75) is 33.2 Å². The highest BCUT2D eigenvalue weighted by Gasteiger charge is 2.21. The van der Waals surface area contributed by atoms with Crippen LogP contribution in [0.2, 0.25) is 0 Å². The first-order valence-electron chi connectivity index (χ1n) is 8.50. The Labute approximate surface area is 141 Å². The number of fused-ring (bicyclic) bond motifs is 2. The standard InChI is InChI=1S/C20H21N3O/c1-3-14-4-6-17-18(10-14)22-20(21-17)12-23-9-8-16-11-15(13(2)24)5-7-19(16)23/h4-7,10-11H,3,8-9,12H2,1-2H3,(H,21,22). The summed E-state index contributed by atoms with van der Waals surface area (Å²) >= 11 is 0. The largest absolute Gasteiger partial charge is 0.364 e. The number of ketones is 1. The highest BCUT2D eigenvalue weighted by Crippen LogP contribution is 2.30. The number of anilines is 1. The predicted molar refractivity (Wildman–Crippen MR) is 96.7 cm³/mol. The van der Waals surface area contributed by atoms with E-state index >= 15 is 0 Å². The van der Waals surface area contributed by atoms with Crippen molar-refractivity contribution >= 4 is 22.5 Å². The maximum absolute atomic E-state index is 11.5. The Morgan fingerprint density at radius 1 is 1.25 bits per heavy atom. The van der Waals surface area contributed by atoms with Gasteiger partial charge in [-0.25, -0.2) is 4.98 Å². The first kappa shape index (κ1) is 14.9. The van der Waals surface area contributed by atoms with Gasteiger partial charge in [0, 0.05) is 17.8 Å². The Morgan fingerprint density at radius 2 is 2.12 bits per heavy atom. The minimum Gasteiger partial charge on any atom is -0.364 e. The van der Waals surface area contributed by atoms with Gasteiger partial charge in [-0.3, -0.25) is 4.79 Å². The van der Waals surface area contributed by atoms with Crippen LogP contribution < -0.4 is 4.90 Å². The molecular weight excluding hydrogens is 298 g/mol. The molecule has 3 aromatic rings. The third-order valence-electron chi connectivity index (χ3n) is 4.82. The van der Waals surface area contributed by atoms with Gasteiger partial charge in [0.1, 0.15) is 5.82 Å². The number of H-pyrrole nitrogens is 1. The monoisotopic (exact) mass is 319 g/mol. The summed E-state index contributed by atoms with van der Waals surface area (Å²) in [6.07, 6.45) is 2.01. The number of hydrogen-bond acceptors (Lipinski definition) is 3. The third-order valence-corrected chi connectivity index (χ3v) is 4.82. The van der Waals surface area contributed by atoms with Gasteiger partial charge in [-0.05, 0) is 61.2 Å². The Kier molecular flexibility index (Phi) is 3.60. The highest BCUT2D eigenvalue weighted by molar-refractivity contribution is 5.94. The summed E-state index contributed by atoms with van der Waals surface area (Å²) in [6.45, 7) is 5.51. The van der Waals surface area contributed by atoms with E-state index in [1.807, 2.05) is 12.1 Å². The lowest BCUT2D eigenvalue weighted by Gasteiger charge is -2.18. The van der Waals surface area contributed by atoms with Crippen LogP contribution in [0.1, 0.15) is 41.2 Å². The van der Waals surface area contributed by atoms with E-state index in [9.17, 15) is 4.79 Å². The van der Waals surface area contributed by atoms with Gasteiger partial charge in [-0.15, -0.1) is 0 Å². The van der Waals surface area contributed by atoms with Crippen molar-refractivity contribution in [2.24, 2.45) is 0 Å². The molecule has 4 rings (SSSR count). The van der Waals surface area contributed by atoms with Crippen molar-refractivity contribution < 1.29 is 4.79 Å². The second kappa shape index (κ2) is 5.78. The fourth-order valence-electron chi connectivity index (χ4n) is 3.44. The zero-order chi connectivity index (χ0) is 16.7. The van der Waals surface area contributed by atoms with E-state index in [2.05, 4.69) is 41.1 Å². The number of imidazole rings is 1. The zero-order valence-electron chi connectivity index (χ0n) is 14.1.